The van der Waals surface area contributed by atoms with Gasteiger partial charge in [0.15, 0.2) is 5.96 Å². The molecule has 3 N–H and O–H groups in total. The number of anilines is 1. The van der Waals surface area contributed by atoms with Gasteiger partial charge in [-0.25, -0.2) is 4.98 Å². The van der Waals surface area contributed by atoms with Crippen LogP contribution >= 0.6 is 0 Å². The number of fused-ring (bicyclic) bond motifs is 1. The first-order valence-corrected chi connectivity index (χ1v) is 10.6. The van der Waals surface area contributed by atoms with Crippen molar-refractivity contribution in [3.05, 3.63) is 53.3 Å². The van der Waals surface area contributed by atoms with E-state index in [2.05, 4.69) is 65.9 Å². The summed E-state index contributed by atoms with van der Waals surface area (Å²) in [6, 6.07) is 12.5. The molecule has 0 saturated heterocycles. The van der Waals surface area contributed by atoms with Gasteiger partial charge in [-0.2, -0.15) is 5.10 Å². The number of aryl methyl sites for hydroxylation is 2. The second-order valence-electron chi connectivity index (χ2n) is 7.60. The lowest BCUT2D eigenvalue weighted by Gasteiger charge is -2.18. The molecule has 1 unspecified atom stereocenters. The zero-order valence-electron chi connectivity index (χ0n) is 18.7. The van der Waals surface area contributed by atoms with Gasteiger partial charge in [0.1, 0.15) is 5.82 Å². The number of aliphatic imine (C=N–C) groups is 1. The van der Waals surface area contributed by atoms with Gasteiger partial charge in [0.2, 0.25) is 0 Å². The van der Waals surface area contributed by atoms with E-state index in [-0.39, 0.29) is 6.04 Å². The molecule has 30 heavy (non-hydrogen) atoms. The predicted molar refractivity (Wildman–Crippen MR) is 125 cm³/mol. The van der Waals surface area contributed by atoms with Crippen LogP contribution in [0.25, 0.3) is 10.9 Å². The minimum absolute atomic E-state index is 0.250. The minimum Gasteiger partial charge on any atom is -0.368 e. The molecule has 0 spiro atoms. The van der Waals surface area contributed by atoms with E-state index in [1.807, 2.05) is 36.0 Å². The van der Waals surface area contributed by atoms with E-state index in [1.54, 1.807) is 0 Å². The van der Waals surface area contributed by atoms with Crippen LogP contribution in [0.3, 0.4) is 0 Å². The summed E-state index contributed by atoms with van der Waals surface area (Å²) < 4.78 is 1.95. The number of aromatic nitrogens is 3. The third-order valence-electron chi connectivity index (χ3n) is 5.18. The second-order valence-corrected chi connectivity index (χ2v) is 7.60. The van der Waals surface area contributed by atoms with Crippen LogP contribution in [0.5, 0.6) is 0 Å². The van der Waals surface area contributed by atoms with Crippen LogP contribution < -0.4 is 16.0 Å². The van der Waals surface area contributed by atoms with Crippen LogP contribution in [0.15, 0.2) is 41.4 Å². The van der Waals surface area contributed by atoms with Crippen LogP contribution in [0.4, 0.5) is 5.82 Å². The van der Waals surface area contributed by atoms with Gasteiger partial charge in [0.05, 0.1) is 17.8 Å². The summed E-state index contributed by atoms with van der Waals surface area (Å²) in [5.74, 6) is 1.70. The highest BCUT2D eigenvalue weighted by Crippen LogP contribution is 2.15. The van der Waals surface area contributed by atoms with Gasteiger partial charge >= 0.3 is 0 Å². The van der Waals surface area contributed by atoms with Gasteiger partial charge in [-0.3, -0.25) is 9.67 Å². The molecule has 7 nitrogen and oxygen atoms in total. The van der Waals surface area contributed by atoms with Crippen LogP contribution in [-0.4, -0.2) is 46.4 Å². The van der Waals surface area contributed by atoms with Gasteiger partial charge in [0, 0.05) is 37.3 Å². The number of benzene rings is 1. The molecule has 0 aliphatic rings. The number of nitrogens with one attached hydrogen (secondary N) is 3. The van der Waals surface area contributed by atoms with Gasteiger partial charge in [-0.1, -0.05) is 18.2 Å². The van der Waals surface area contributed by atoms with Crippen molar-refractivity contribution in [2.24, 2.45) is 12.0 Å². The molecule has 3 rings (SSSR count). The molecule has 0 amide bonds. The number of nitrogens with zero attached hydrogens (tertiary/aromatic N) is 4. The van der Waals surface area contributed by atoms with Crippen LogP contribution in [0.1, 0.15) is 30.8 Å². The predicted octanol–water partition coefficient (Wildman–Crippen LogP) is 3.18. The number of rotatable bonds is 8. The van der Waals surface area contributed by atoms with Crippen LogP contribution in [0.2, 0.25) is 0 Å². The highest BCUT2D eigenvalue weighted by Gasteiger charge is 2.14. The lowest BCUT2D eigenvalue weighted by atomic mass is 10.1. The van der Waals surface area contributed by atoms with E-state index < -0.39 is 0 Å². The van der Waals surface area contributed by atoms with Gasteiger partial charge in [-0.15, -0.1) is 0 Å². The standard InChI is InChI=1S/C23H33N7/c1-6-24-23(27-16(2)15-20-17(3)29-30(5)18(20)4)26-14-13-25-22-12-11-19-9-7-8-10-21(19)28-22/h7-12,16H,6,13-15H2,1-5H3,(H,25,28)(H2,24,26,27). The molecule has 0 fully saturated rings. The third kappa shape index (κ3) is 5.49. The Morgan fingerprint density at radius 3 is 2.70 bits per heavy atom. The maximum Gasteiger partial charge on any atom is 0.191 e. The summed E-state index contributed by atoms with van der Waals surface area (Å²) in [5, 5.41) is 15.9. The summed E-state index contributed by atoms with van der Waals surface area (Å²) >= 11 is 0. The van der Waals surface area contributed by atoms with E-state index in [4.69, 9.17) is 4.99 Å². The van der Waals surface area contributed by atoms with Crippen molar-refractivity contribution in [1.82, 2.24) is 25.4 Å². The Kier molecular flexibility index (Phi) is 7.27. The van der Waals surface area contributed by atoms with Gasteiger partial charge in [-0.05, 0) is 57.9 Å². The van der Waals surface area contributed by atoms with E-state index in [0.717, 1.165) is 47.9 Å². The molecule has 0 aliphatic carbocycles. The van der Waals surface area contributed by atoms with Crippen molar-refractivity contribution in [1.29, 1.82) is 0 Å². The Balaban J connectivity index is 1.54. The Bertz CT molecular complexity index is 1010. The molecule has 7 heteroatoms. The van der Waals surface area contributed by atoms with Crippen molar-refractivity contribution < 1.29 is 0 Å². The van der Waals surface area contributed by atoms with E-state index in [9.17, 15) is 0 Å². The zero-order chi connectivity index (χ0) is 21.5. The first-order valence-electron chi connectivity index (χ1n) is 10.6. The van der Waals surface area contributed by atoms with E-state index in [0.29, 0.717) is 6.54 Å². The first-order chi connectivity index (χ1) is 14.5. The summed E-state index contributed by atoms with van der Waals surface area (Å²) in [6.07, 6.45) is 0.912. The molecule has 0 bridgehead atoms. The number of hydrogen-bond donors (Lipinski definition) is 3. The molecule has 2 aromatic heterocycles. The Hall–Kier alpha value is -3.09. The van der Waals surface area contributed by atoms with Gasteiger partial charge in [0.25, 0.3) is 0 Å². The summed E-state index contributed by atoms with van der Waals surface area (Å²) in [4.78, 5) is 9.35. The fourth-order valence-electron chi connectivity index (χ4n) is 3.54. The molecule has 2 heterocycles. The maximum absolute atomic E-state index is 4.71. The molecular formula is C23H33N7. The number of pyridine rings is 1. The molecule has 0 saturated carbocycles. The van der Waals surface area contributed by atoms with Crippen molar-refractivity contribution in [3.8, 4) is 0 Å². The topological polar surface area (TPSA) is 79.2 Å². The highest BCUT2D eigenvalue weighted by molar-refractivity contribution is 5.80. The Morgan fingerprint density at radius 2 is 1.97 bits per heavy atom. The monoisotopic (exact) mass is 407 g/mol. The minimum atomic E-state index is 0.250. The zero-order valence-corrected chi connectivity index (χ0v) is 18.7. The van der Waals surface area contributed by atoms with Crippen LogP contribution in [0, 0.1) is 13.8 Å². The first kappa shape index (κ1) is 21.6. The quantitative estimate of drug-likeness (QED) is 0.304. The van der Waals surface area contributed by atoms with E-state index in [1.165, 1.54) is 11.3 Å². The smallest absolute Gasteiger partial charge is 0.191 e. The fraction of sp³-hybridized carbons (Fsp3) is 0.435. The summed E-state index contributed by atoms with van der Waals surface area (Å²) in [6.45, 7) is 10.6. The molecular weight excluding hydrogens is 374 g/mol. The maximum atomic E-state index is 4.71. The van der Waals surface area contributed by atoms with Crippen molar-refractivity contribution in [2.45, 2.75) is 40.2 Å². The average Bonchev–Trinajstić information content (AvgIpc) is 2.97. The number of guanidine groups is 1. The third-order valence-corrected chi connectivity index (χ3v) is 5.18. The fourth-order valence-corrected chi connectivity index (χ4v) is 3.54. The summed E-state index contributed by atoms with van der Waals surface area (Å²) in [5.41, 5.74) is 4.61. The Morgan fingerprint density at radius 1 is 1.17 bits per heavy atom. The lowest BCUT2D eigenvalue weighted by molar-refractivity contribution is 0.636. The van der Waals surface area contributed by atoms with Crippen molar-refractivity contribution >= 4 is 22.7 Å². The van der Waals surface area contributed by atoms with Crippen molar-refractivity contribution in [3.63, 3.8) is 0 Å². The number of para-hydroxylation sites is 1. The second kappa shape index (κ2) is 10.1. The van der Waals surface area contributed by atoms with Crippen LogP contribution in [-0.2, 0) is 13.5 Å². The number of hydrogen-bond acceptors (Lipinski definition) is 4. The highest BCUT2D eigenvalue weighted by atomic mass is 15.3. The molecule has 1 aromatic carbocycles. The van der Waals surface area contributed by atoms with E-state index >= 15 is 0 Å². The largest absolute Gasteiger partial charge is 0.368 e. The summed E-state index contributed by atoms with van der Waals surface area (Å²) in [7, 11) is 1.99. The lowest BCUT2D eigenvalue weighted by Crippen LogP contribution is -2.43. The SMILES string of the molecule is CCNC(=NCCNc1ccc2ccccc2n1)NC(C)Cc1c(C)nn(C)c1C. The molecule has 1 atom stereocenters. The molecule has 0 aliphatic heterocycles. The molecule has 160 valence electrons. The van der Waals surface area contributed by atoms with Crippen molar-refractivity contribution in [2.75, 3.05) is 25.0 Å². The molecule has 3 aromatic rings. The Labute approximate surface area is 179 Å². The average molecular weight is 408 g/mol. The normalized spacial score (nSPS) is 12.8. The van der Waals surface area contributed by atoms with Gasteiger partial charge < -0.3 is 16.0 Å². The molecule has 0 radical (unpaired) electrons.